The normalized spacial score (nSPS) is 16.6. The number of hydrogen-bond donors (Lipinski definition) is 1. The molecular formula is C15H20N2O2. The van der Waals surface area contributed by atoms with Crippen LogP contribution in [-0.2, 0) is 9.59 Å². The summed E-state index contributed by atoms with van der Waals surface area (Å²) >= 11 is 0. The zero-order valence-corrected chi connectivity index (χ0v) is 11.7. The smallest absolute Gasteiger partial charge is 0.246 e. The van der Waals surface area contributed by atoms with E-state index in [9.17, 15) is 9.59 Å². The molecule has 1 saturated heterocycles. The first-order chi connectivity index (χ1) is 8.99. The minimum atomic E-state index is -0.407. The summed E-state index contributed by atoms with van der Waals surface area (Å²) in [4.78, 5) is 25.5. The van der Waals surface area contributed by atoms with Gasteiger partial charge in [-0.2, -0.15) is 0 Å². The van der Waals surface area contributed by atoms with Crippen LogP contribution in [0, 0.1) is 13.8 Å². The van der Waals surface area contributed by atoms with Gasteiger partial charge in [0.1, 0.15) is 6.04 Å². The van der Waals surface area contributed by atoms with Crippen LogP contribution >= 0.6 is 0 Å². The largest absolute Gasteiger partial charge is 0.331 e. The van der Waals surface area contributed by atoms with Crippen molar-refractivity contribution in [1.82, 2.24) is 4.90 Å². The van der Waals surface area contributed by atoms with Crippen LogP contribution in [0.1, 0.15) is 30.9 Å². The predicted molar refractivity (Wildman–Crippen MR) is 75.0 cm³/mol. The summed E-state index contributed by atoms with van der Waals surface area (Å²) in [7, 11) is 0. The van der Waals surface area contributed by atoms with Gasteiger partial charge in [-0.05, 0) is 38.8 Å². The van der Waals surface area contributed by atoms with E-state index in [-0.39, 0.29) is 11.8 Å². The fourth-order valence-electron chi connectivity index (χ4n) is 2.41. The van der Waals surface area contributed by atoms with E-state index in [0.29, 0.717) is 13.0 Å². The molecule has 102 valence electrons. The highest BCUT2D eigenvalue weighted by atomic mass is 16.2. The van der Waals surface area contributed by atoms with Crippen LogP contribution in [0.5, 0.6) is 0 Å². The molecule has 1 aromatic rings. The number of anilines is 1. The number of rotatable bonds is 3. The van der Waals surface area contributed by atoms with E-state index in [4.69, 9.17) is 0 Å². The number of nitrogens with one attached hydrogen (secondary N) is 1. The molecule has 1 unspecified atom stereocenters. The Morgan fingerprint density at radius 2 is 2.11 bits per heavy atom. The minimum absolute atomic E-state index is 0.0725. The van der Waals surface area contributed by atoms with Gasteiger partial charge in [0.15, 0.2) is 0 Å². The molecule has 2 amide bonds. The first kappa shape index (κ1) is 13.6. The molecular weight excluding hydrogens is 240 g/mol. The van der Waals surface area contributed by atoms with Crippen LogP contribution in [0.4, 0.5) is 5.69 Å². The summed E-state index contributed by atoms with van der Waals surface area (Å²) in [6, 6.07) is 5.49. The number of carbonyl (C=O) groups is 2. The third-order valence-corrected chi connectivity index (χ3v) is 3.60. The van der Waals surface area contributed by atoms with Crippen LogP contribution < -0.4 is 5.32 Å². The summed E-state index contributed by atoms with van der Waals surface area (Å²) in [5.41, 5.74) is 3.01. The van der Waals surface area contributed by atoms with Gasteiger partial charge in [0.2, 0.25) is 11.8 Å². The fourth-order valence-corrected chi connectivity index (χ4v) is 2.41. The average molecular weight is 260 g/mol. The van der Waals surface area contributed by atoms with Gasteiger partial charge in [-0.15, -0.1) is 0 Å². The summed E-state index contributed by atoms with van der Waals surface area (Å²) < 4.78 is 0. The topological polar surface area (TPSA) is 49.4 Å². The Morgan fingerprint density at radius 1 is 1.37 bits per heavy atom. The molecule has 0 saturated carbocycles. The molecule has 1 fully saturated rings. The first-order valence-corrected chi connectivity index (χ1v) is 6.66. The molecule has 1 aromatic carbocycles. The van der Waals surface area contributed by atoms with E-state index < -0.39 is 6.04 Å². The molecule has 1 aliphatic rings. The third-order valence-electron chi connectivity index (χ3n) is 3.60. The number of amides is 2. The molecule has 4 heteroatoms. The van der Waals surface area contributed by atoms with Crippen molar-refractivity contribution < 1.29 is 9.59 Å². The number of likely N-dealkylation sites (tertiary alicyclic amines) is 1. The first-order valence-electron chi connectivity index (χ1n) is 6.66. The van der Waals surface area contributed by atoms with Crippen molar-refractivity contribution in [1.29, 1.82) is 0 Å². The van der Waals surface area contributed by atoms with Crippen molar-refractivity contribution in [2.24, 2.45) is 0 Å². The van der Waals surface area contributed by atoms with Crippen molar-refractivity contribution in [3.05, 3.63) is 29.3 Å². The SMILES string of the molecule is Cc1ccc(NC(=O)C(C)N2CCCC2=O)c(C)c1. The molecule has 1 N–H and O–H groups in total. The summed E-state index contributed by atoms with van der Waals surface area (Å²) in [5, 5.41) is 2.90. The van der Waals surface area contributed by atoms with E-state index in [1.54, 1.807) is 11.8 Å². The fraction of sp³-hybridized carbons (Fsp3) is 0.467. The second kappa shape index (κ2) is 5.43. The van der Waals surface area contributed by atoms with Gasteiger partial charge in [-0.25, -0.2) is 0 Å². The summed E-state index contributed by atoms with van der Waals surface area (Å²) in [6.45, 7) is 6.45. The monoisotopic (exact) mass is 260 g/mol. The van der Waals surface area contributed by atoms with Crippen molar-refractivity contribution in [2.45, 2.75) is 39.7 Å². The Balaban J connectivity index is 2.06. The van der Waals surface area contributed by atoms with Gasteiger partial charge < -0.3 is 10.2 Å². The van der Waals surface area contributed by atoms with E-state index in [1.807, 2.05) is 32.0 Å². The Morgan fingerprint density at radius 3 is 2.68 bits per heavy atom. The second-order valence-corrected chi connectivity index (χ2v) is 5.17. The van der Waals surface area contributed by atoms with Crippen molar-refractivity contribution in [2.75, 3.05) is 11.9 Å². The van der Waals surface area contributed by atoms with Gasteiger partial charge >= 0.3 is 0 Å². The summed E-state index contributed by atoms with van der Waals surface area (Å²) in [6.07, 6.45) is 1.40. The quantitative estimate of drug-likeness (QED) is 0.906. The molecule has 0 aliphatic carbocycles. The zero-order chi connectivity index (χ0) is 14.0. The zero-order valence-electron chi connectivity index (χ0n) is 11.7. The Labute approximate surface area is 113 Å². The lowest BCUT2D eigenvalue weighted by Gasteiger charge is -2.23. The lowest BCUT2D eigenvalue weighted by molar-refractivity contribution is -0.134. The minimum Gasteiger partial charge on any atom is -0.331 e. The average Bonchev–Trinajstić information content (AvgIpc) is 2.78. The van der Waals surface area contributed by atoms with Crippen LogP contribution in [-0.4, -0.2) is 29.3 Å². The molecule has 0 radical (unpaired) electrons. The Kier molecular flexibility index (Phi) is 3.88. The van der Waals surface area contributed by atoms with Gasteiger partial charge in [-0.1, -0.05) is 17.7 Å². The highest BCUT2D eigenvalue weighted by Crippen LogP contribution is 2.18. The van der Waals surface area contributed by atoms with Gasteiger partial charge in [-0.3, -0.25) is 9.59 Å². The van der Waals surface area contributed by atoms with Crippen molar-refractivity contribution >= 4 is 17.5 Å². The Hall–Kier alpha value is -1.84. The number of carbonyl (C=O) groups excluding carboxylic acids is 2. The molecule has 19 heavy (non-hydrogen) atoms. The molecule has 0 bridgehead atoms. The van der Waals surface area contributed by atoms with E-state index in [0.717, 1.165) is 17.7 Å². The highest BCUT2D eigenvalue weighted by molar-refractivity contribution is 5.97. The Bertz CT molecular complexity index is 511. The van der Waals surface area contributed by atoms with Crippen LogP contribution in [0.2, 0.25) is 0 Å². The van der Waals surface area contributed by atoms with E-state index >= 15 is 0 Å². The standard InChI is InChI=1S/C15H20N2O2/c1-10-6-7-13(11(2)9-10)16-15(19)12(3)17-8-4-5-14(17)18/h6-7,9,12H,4-5,8H2,1-3H3,(H,16,19). The molecule has 1 aliphatic heterocycles. The van der Waals surface area contributed by atoms with Gasteiger partial charge in [0, 0.05) is 18.7 Å². The maximum atomic E-state index is 12.2. The molecule has 4 nitrogen and oxygen atoms in total. The van der Waals surface area contributed by atoms with Crippen LogP contribution in [0.15, 0.2) is 18.2 Å². The van der Waals surface area contributed by atoms with Gasteiger partial charge in [0.05, 0.1) is 0 Å². The second-order valence-electron chi connectivity index (χ2n) is 5.17. The van der Waals surface area contributed by atoms with Gasteiger partial charge in [0.25, 0.3) is 0 Å². The number of aryl methyl sites for hydroxylation is 2. The van der Waals surface area contributed by atoms with Crippen LogP contribution in [0.25, 0.3) is 0 Å². The number of benzene rings is 1. The predicted octanol–water partition coefficient (Wildman–Crippen LogP) is 2.25. The maximum Gasteiger partial charge on any atom is 0.246 e. The highest BCUT2D eigenvalue weighted by Gasteiger charge is 2.29. The molecule has 0 aromatic heterocycles. The lowest BCUT2D eigenvalue weighted by Crippen LogP contribution is -2.42. The van der Waals surface area contributed by atoms with E-state index in [1.165, 1.54) is 5.56 Å². The van der Waals surface area contributed by atoms with E-state index in [2.05, 4.69) is 5.32 Å². The molecule has 0 spiro atoms. The number of nitrogens with zero attached hydrogens (tertiary/aromatic N) is 1. The molecule has 2 rings (SSSR count). The summed E-state index contributed by atoms with van der Waals surface area (Å²) in [5.74, 6) is -0.0505. The lowest BCUT2D eigenvalue weighted by atomic mass is 10.1. The van der Waals surface area contributed by atoms with Crippen molar-refractivity contribution in [3.8, 4) is 0 Å². The molecule has 1 atom stereocenters. The number of hydrogen-bond acceptors (Lipinski definition) is 2. The maximum absolute atomic E-state index is 12.2. The van der Waals surface area contributed by atoms with Crippen molar-refractivity contribution in [3.63, 3.8) is 0 Å². The van der Waals surface area contributed by atoms with Crippen LogP contribution in [0.3, 0.4) is 0 Å². The third kappa shape index (κ3) is 2.95. The molecule has 1 heterocycles.